The molecule has 1 amide bonds. The van der Waals surface area contributed by atoms with Gasteiger partial charge in [0.2, 0.25) is 5.91 Å². The van der Waals surface area contributed by atoms with Crippen molar-refractivity contribution < 1.29 is 9.90 Å². The molecule has 0 heterocycles. The Balaban J connectivity index is 2.44. The minimum absolute atomic E-state index is 0.117. The Morgan fingerprint density at radius 3 is 2.45 bits per heavy atom. The second kappa shape index (κ2) is 7.90. The number of nitrogens with two attached hydrogens (primary N) is 1. The zero-order valence-electron chi connectivity index (χ0n) is 12.6. The molecule has 0 aliphatic rings. The van der Waals surface area contributed by atoms with Crippen LogP contribution in [0.3, 0.4) is 0 Å². The summed E-state index contributed by atoms with van der Waals surface area (Å²) >= 11 is 0. The number of aromatic hydroxyl groups is 1. The van der Waals surface area contributed by atoms with Crippen LogP contribution in [0.4, 0.5) is 0 Å². The van der Waals surface area contributed by atoms with Gasteiger partial charge in [-0.2, -0.15) is 0 Å². The van der Waals surface area contributed by atoms with E-state index in [1.165, 1.54) is 0 Å². The van der Waals surface area contributed by atoms with Crippen LogP contribution in [-0.4, -0.2) is 23.1 Å². The Hall–Kier alpha value is -1.55. The molecule has 3 atom stereocenters. The fourth-order valence-corrected chi connectivity index (χ4v) is 2.16. The standard InChI is InChI=1S/C16H26N2O2/c1-4-11(2)9-12(3)18-16(20)15(17)10-13-5-7-14(19)8-6-13/h5-8,11-12,15,19H,4,9-10,17H2,1-3H3,(H,18,20)/t11?,12?,15-/m0/s1. The van der Waals surface area contributed by atoms with Crippen molar-refractivity contribution in [1.29, 1.82) is 0 Å². The van der Waals surface area contributed by atoms with Gasteiger partial charge in [0, 0.05) is 6.04 Å². The number of hydrogen-bond acceptors (Lipinski definition) is 3. The molecule has 2 unspecified atom stereocenters. The minimum atomic E-state index is -0.557. The molecular formula is C16H26N2O2. The highest BCUT2D eigenvalue weighted by molar-refractivity contribution is 5.82. The first-order valence-corrected chi connectivity index (χ1v) is 7.26. The van der Waals surface area contributed by atoms with Gasteiger partial charge in [-0.05, 0) is 43.4 Å². The lowest BCUT2D eigenvalue weighted by atomic mass is 9.99. The van der Waals surface area contributed by atoms with Crippen LogP contribution in [0.15, 0.2) is 24.3 Å². The maximum atomic E-state index is 12.0. The van der Waals surface area contributed by atoms with Crippen LogP contribution in [0.2, 0.25) is 0 Å². The van der Waals surface area contributed by atoms with Gasteiger partial charge in [0.25, 0.3) is 0 Å². The summed E-state index contributed by atoms with van der Waals surface area (Å²) in [4.78, 5) is 12.0. The first kappa shape index (κ1) is 16.5. The highest BCUT2D eigenvalue weighted by Gasteiger charge is 2.17. The van der Waals surface area contributed by atoms with Gasteiger partial charge in [0.15, 0.2) is 0 Å². The average molecular weight is 278 g/mol. The average Bonchev–Trinajstić information content (AvgIpc) is 2.40. The molecule has 1 rings (SSSR count). The van der Waals surface area contributed by atoms with Crippen molar-refractivity contribution in [2.45, 2.75) is 52.1 Å². The number of nitrogens with one attached hydrogen (secondary N) is 1. The lowest BCUT2D eigenvalue weighted by Gasteiger charge is -2.20. The van der Waals surface area contributed by atoms with Crippen molar-refractivity contribution in [3.8, 4) is 5.75 Å². The summed E-state index contributed by atoms with van der Waals surface area (Å²) in [6, 6.07) is 6.36. The largest absolute Gasteiger partial charge is 0.508 e. The van der Waals surface area contributed by atoms with Crippen molar-refractivity contribution in [2.75, 3.05) is 0 Å². The number of phenols is 1. The fourth-order valence-electron chi connectivity index (χ4n) is 2.16. The van der Waals surface area contributed by atoms with Crippen molar-refractivity contribution in [1.82, 2.24) is 5.32 Å². The Morgan fingerprint density at radius 1 is 1.30 bits per heavy atom. The van der Waals surface area contributed by atoms with Gasteiger partial charge in [0.05, 0.1) is 6.04 Å². The van der Waals surface area contributed by atoms with E-state index in [1.54, 1.807) is 24.3 Å². The van der Waals surface area contributed by atoms with Crippen LogP contribution in [0.1, 0.15) is 39.2 Å². The molecule has 0 aromatic heterocycles. The van der Waals surface area contributed by atoms with Gasteiger partial charge in [-0.1, -0.05) is 32.4 Å². The van der Waals surface area contributed by atoms with Gasteiger partial charge in [0.1, 0.15) is 5.75 Å². The number of carbonyl (C=O) groups excluding carboxylic acids is 1. The van der Waals surface area contributed by atoms with Crippen LogP contribution < -0.4 is 11.1 Å². The second-order valence-corrected chi connectivity index (χ2v) is 5.64. The molecule has 0 saturated heterocycles. The van der Waals surface area contributed by atoms with E-state index in [2.05, 4.69) is 19.2 Å². The van der Waals surface area contributed by atoms with Gasteiger partial charge < -0.3 is 16.2 Å². The number of benzene rings is 1. The molecule has 0 fully saturated rings. The van der Waals surface area contributed by atoms with Crippen LogP contribution in [-0.2, 0) is 11.2 Å². The molecule has 0 bridgehead atoms. The summed E-state index contributed by atoms with van der Waals surface area (Å²) in [5.74, 6) is 0.696. The molecule has 0 aliphatic heterocycles. The molecule has 0 radical (unpaired) electrons. The number of carbonyl (C=O) groups is 1. The van der Waals surface area contributed by atoms with E-state index >= 15 is 0 Å². The van der Waals surface area contributed by atoms with E-state index in [4.69, 9.17) is 5.73 Å². The summed E-state index contributed by atoms with van der Waals surface area (Å²) in [6.45, 7) is 6.34. The zero-order chi connectivity index (χ0) is 15.1. The Bertz CT molecular complexity index is 417. The lowest BCUT2D eigenvalue weighted by Crippen LogP contribution is -2.45. The predicted octanol–water partition coefficient (Wildman–Crippen LogP) is 2.20. The van der Waals surface area contributed by atoms with E-state index in [0.717, 1.165) is 18.4 Å². The molecule has 112 valence electrons. The quantitative estimate of drug-likeness (QED) is 0.715. The van der Waals surface area contributed by atoms with Crippen molar-refractivity contribution in [3.05, 3.63) is 29.8 Å². The smallest absolute Gasteiger partial charge is 0.237 e. The Labute approximate surface area is 121 Å². The number of hydrogen-bond donors (Lipinski definition) is 3. The van der Waals surface area contributed by atoms with Crippen LogP contribution in [0.5, 0.6) is 5.75 Å². The SMILES string of the molecule is CCC(C)CC(C)NC(=O)[C@@H](N)Cc1ccc(O)cc1. The van der Waals surface area contributed by atoms with Crippen molar-refractivity contribution in [2.24, 2.45) is 11.7 Å². The normalized spacial score (nSPS) is 15.4. The van der Waals surface area contributed by atoms with Gasteiger partial charge >= 0.3 is 0 Å². The summed E-state index contributed by atoms with van der Waals surface area (Å²) in [5.41, 5.74) is 6.87. The molecule has 20 heavy (non-hydrogen) atoms. The fraction of sp³-hybridized carbons (Fsp3) is 0.562. The molecule has 1 aromatic rings. The molecule has 4 nitrogen and oxygen atoms in total. The van der Waals surface area contributed by atoms with Crippen LogP contribution in [0.25, 0.3) is 0 Å². The monoisotopic (exact) mass is 278 g/mol. The first-order chi connectivity index (χ1) is 9.42. The van der Waals surface area contributed by atoms with Gasteiger partial charge in [-0.25, -0.2) is 0 Å². The minimum Gasteiger partial charge on any atom is -0.508 e. The highest BCUT2D eigenvalue weighted by atomic mass is 16.3. The van der Waals surface area contributed by atoms with E-state index in [9.17, 15) is 9.90 Å². The summed E-state index contributed by atoms with van der Waals surface area (Å²) in [7, 11) is 0. The zero-order valence-corrected chi connectivity index (χ0v) is 12.6. The van der Waals surface area contributed by atoms with Crippen LogP contribution >= 0.6 is 0 Å². The first-order valence-electron chi connectivity index (χ1n) is 7.26. The maximum absolute atomic E-state index is 12.0. The summed E-state index contributed by atoms with van der Waals surface area (Å²) in [6.07, 6.45) is 2.55. The van der Waals surface area contributed by atoms with E-state index < -0.39 is 6.04 Å². The molecule has 0 aliphatic carbocycles. The number of amides is 1. The molecule has 0 spiro atoms. The predicted molar refractivity (Wildman–Crippen MR) is 81.5 cm³/mol. The second-order valence-electron chi connectivity index (χ2n) is 5.64. The lowest BCUT2D eigenvalue weighted by molar-refractivity contribution is -0.123. The molecule has 4 heteroatoms. The molecule has 1 aromatic carbocycles. The van der Waals surface area contributed by atoms with Crippen molar-refractivity contribution in [3.63, 3.8) is 0 Å². The third-order valence-electron chi connectivity index (χ3n) is 3.57. The Morgan fingerprint density at radius 2 is 1.90 bits per heavy atom. The van der Waals surface area contributed by atoms with E-state index in [-0.39, 0.29) is 17.7 Å². The molecule has 4 N–H and O–H groups in total. The summed E-state index contributed by atoms with van der Waals surface area (Å²) in [5, 5.41) is 12.2. The topological polar surface area (TPSA) is 75.4 Å². The maximum Gasteiger partial charge on any atom is 0.237 e. The van der Waals surface area contributed by atoms with E-state index in [0.29, 0.717) is 12.3 Å². The van der Waals surface area contributed by atoms with Gasteiger partial charge in [-0.3, -0.25) is 4.79 Å². The number of rotatable bonds is 7. The van der Waals surface area contributed by atoms with Crippen molar-refractivity contribution >= 4 is 5.91 Å². The highest BCUT2D eigenvalue weighted by Crippen LogP contribution is 2.12. The van der Waals surface area contributed by atoms with E-state index in [1.807, 2.05) is 6.92 Å². The molecule has 0 saturated carbocycles. The molecular weight excluding hydrogens is 252 g/mol. The number of phenolic OH excluding ortho intramolecular Hbond substituents is 1. The Kier molecular flexibility index (Phi) is 6.52. The third kappa shape index (κ3) is 5.61. The third-order valence-corrected chi connectivity index (χ3v) is 3.57. The van der Waals surface area contributed by atoms with Gasteiger partial charge in [-0.15, -0.1) is 0 Å². The van der Waals surface area contributed by atoms with Crippen LogP contribution in [0, 0.1) is 5.92 Å². The summed E-state index contributed by atoms with van der Waals surface area (Å²) < 4.78 is 0.